The Balaban J connectivity index is 1.63. The van der Waals surface area contributed by atoms with Gasteiger partial charge < -0.3 is 10.0 Å². The van der Waals surface area contributed by atoms with Gasteiger partial charge in [0.1, 0.15) is 0 Å². The first-order chi connectivity index (χ1) is 11.1. The Bertz CT molecular complexity index is 557. The molecule has 124 valence electrons. The molecule has 2 fully saturated rings. The average molecular weight is 316 g/mol. The van der Waals surface area contributed by atoms with Crippen molar-refractivity contribution in [1.82, 2.24) is 9.80 Å². The summed E-state index contributed by atoms with van der Waals surface area (Å²) in [5.41, 5.74) is 1.22. The Labute approximate surface area is 136 Å². The fraction of sp³-hybridized carbons (Fsp3) is 0.556. The van der Waals surface area contributed by atoms with Crippen molar-refractivity contribution in [2.24, 2.45) is 5.92 Å². The normalized spacial score (nSPS) is 22.3. The third-order valence-electron chi connectivity index (χ3n) is 4.77. The van der Waals surface area contributed by atoms with Crippen molar-refractivity contribution in [3.05, 3.63) is 35.9 Å². The second-order valence-corrected chi connectivity index (χ2v) is 6.61. The maximum Gasteiger partial charge on any atom is 0.305 e. The first-order valence-corrected chi connectivity index (χ1v) is 8.42. The summed E-state index contributed by atoms with van der Waals surface area (Å²) in [6.45, 7) is 3.02. The quantitative estimate of drug-likeness (QED) is 0.830. The van der Waals surface area contributed by atoms with Gasteiger partial charge >= 0.3 is 5.97 Å². The molecule has 0 radical (unpaired) electrons. The summed E-state index contributed by atoms with van der Waals surface area (Å²) in [4.78, 5) is 27.8. The summed E-state index contributed by atoms with van der Waals surface area (Å²) in [6, 6.07) is 9.61. The van der Waals surface area contributed by atoms with Gasteiger partial charge in [-0.15, -0.1) is 0 Å². The number of rotatable bonds is 7. The van der Waals surface area contributed by atoms with Crippen LogP contribution in [0.15, 0.2) is 30.3 Å². The van der Waals surface area contributed by atoms with Crippen molar-refractivity contribution in [3.63, 3.8) is 0 Å². The first-order valence-electron chi connectivity index (χ1n) is 8.42. The lowest BCUT2D eigenvalue weighted by Crippen LogP contribution is -2.58. The van der Waals surface area contributed by atoms with Gasteiger partial charge in [0.15, 0.2) is 0 Å². The molecule has 1 aromatic rings. The van der Waals surface area contributed by atoms with E-state index in [-0.39, 0.29) is 12.3 Å². The van der Waals surface area contributed by atoms with Gasteiger partial charge in [-0.25, -0.2) is 0 Å². The first kappa shape index (κ1) is 16.0. The zero-order valence-corrected chi connectivity index (χ0v) is 13.4. The fourth-order valence-corrected chi connectivity index (χ4v) is 3.24. The van der Waals surface area contributed by atoms with Gasteiger partial charge in [0, 0.05) is 26.2 Å². The largest absolute Gasteiger partial charge is 0.481 e. The maximum atomic E-state index is 12.7. The summed E-state index contributed by atoms with van der Waals surface area (Å²) in [7, 11) is 0. The number of carbonyl (C=O) groups excluding carboxylic acids is 1. The van der Waals surface area contributed by atoms with Gasteiger partial charge in [-0.1, -0.05) is 30.3 Å². The van der Waals surface area contributed by atoms with Crippen LogP contribution in [0.25, 0.3) is 0 Å². The van der Waals surface area contributed by atoms with Crippen LogP contribution in [0.5, 0.6) is 0 Å². The SMILES string of the molecule is O=C(O)CC1C(=O)N(CC2CC2)CCN1CCc1ccccc1. The van der Waals surface area contributed by atoms with Crippen LogP contribution in [0.2, 0.25) is 0 Å². The third-order valence-corrected chi connectivity index (χ3v) is 4.77. The molecule has 0 bridgehead atoms. The second kappa shape index (κ2) is 7.13. The van der Waals surface area contributed by atoms with E-state index in [4.69, 9.17) is 5.11 Å². The number of amides is 1. The van der Waals surface area contributed by atoms with Crippen molar-refractivity contribution in [3.8, 4) is 0 Å². The average Bonchev–Trinajstić information content (AvgIpc) is 3.35. The summed E-state index contributed by atoms with van der Waals surface area (Å²) >= 11 is 0. The van der Waals surface area contributed by atoms with E-state index in [0.717, 1.165) is 32.6 Å². The molecule has 1 amide bonds. The van der Waals surface area contributed by atoms with Gasteiger partial charge in [0.05, 0.1) is 12.5 Å². The third kappa shape index (κ3) is 4.32. The smallest absolute Gasteiger partial charge is 0.305 e. The van der Waals surface area contributed by atoms with Crippen LogP contribution in [0, 0.1) is 5.92 Å². The molecule has 1 aliphatic heterocycles. The molecule has 1 saturated heterocycles. The molecule has 2 aliphatic rings. The molecule has 5 heteroatoms. The van der Waals surface area contributed by atoms with Crippen LogP contribution in [0.4, 0.5) is 0 Å². The monoisotopic (exact) mass is 316 g/mol. The van der Waals surface area contributed by atoms with E-state index in [2.05, 4.69) is 12.1 Å². The number of aliphatic carboxylic acids is 1. The molecule has 23 heavy (non-hydrogen) atoms. The highest BCUT2D eigenvalue weighted by Gasteiger charge is 2.38. The van der Waals surface area contributed by atoms with E-state index < -0.39 is 12.0 Å². The summed E-state index contributed by atoms with van der Waals surface area (Å²) in [6.07, 6.45) is 3.14. The number of nitrogens with zero attached hydrogens (tertiary/aromatic N) is 2. The van der Waals surface area contributed by atoms with Crippen molar-refractivity contribution in [2.45, 2.75) is 31.7 Å². The van der Waals surface area contributed by atoms with E-state index in [1.807, 2.05) is 28.0 Å². The Morgan fingerprint density at radius 2 is 1.91 bits per heavy atom. The number of benzene rings is 1. The Hall–Kier alpha value is -1.88. The minimum atomic E-state index is -0.902. The van der Waals surface area contributed by atoms with Crippen LogP contribution >= 0.6 is 0 Å². The summed E-state index contributed by atoms with van der Waals surface area (Å²) in [5, 5.41) is 9.17. The molecule has 1 aliphatic carbocycles. The topological polar surface area (TPSA) is 60.9 Å². The van der Waals surface area contributed by atoms with Crippen LogP contribution in [-0.2, 0) is 16.0 Å². The summed E-state index contributed by atoms with van der Waals surface area (Å²) < 4.78 is 0. The Morgan fingerprint density at radius 3 is 2.57 bits per heavy atom. The molecule has 0 aromatic heterocycles. The summed E-state index contributed by atoms with van der Waals surface area (Å²) in [5.74, 6) is -0.264. The number of carboxylic acid groups (broad SMARTS) is 1. The van der Waals surface area contributed by atoms with Crippen LogP contribution in [-0.4, -0.2) is 59.0 Å². The highest BCUT2D eigenvalue weighted by atomic mass is 16.4. The minimum absolute atomic E-state index is 0.00129. The van der Waals surface area contributed by atoms with Gasteiger partial charge in [-0.3, -0.25) is 14.5 Å². The molecule has 1 aromatic carbocycles. The van der Waals surface area contributed by atoms with Crippen LogP contribution in [0.1, 0.15) is 24.8 Å². The predicted molar refractivity (Wildman–Crippen MR) is 87.1 cm³/mol. The molecule has 1 N–H and O–H groups in total. The van der Waals surface area contributed by atoms with E-state index >= 15 is 0 Å². The highest BCUT2D eigenvalue weighted by Crippen LogP contribution is 2.31. The zero-order chi connectivity index (χ0) is 16.2. The number of carbonyl (C=O) groups is 2. The zero-order valence-electron chi connectivity index (χ0n) is 13.4. The lowest BCUT2D eigenvalue weighted by Gasteiger charge is -2.40. The van der Waals surface area contributed by atoms with Crippen molar-refractivity contribution < 1.29 is 14.7 Å². The number of piperazine rings is 1. The molecule has 5 nitrogen and oxygen atoms in total. The van der Waals surface area contributed by atoms with Crippen LogP contribution < -0.4 is 0 Å². The Morgan fingerprint density at radius 1 is 1.17 bits per heavy atom. The number of carboxylic acids is 1. The molecular weight excluding hydrogens is 292 g/mol. The van der Waals surface area contributed by atoms with Gasteiger partial charge in [0.2, 0.25) is 5.91 Å². The molecule has 3 rings (SSSR count). The van der Waals surface area contributed by atoms with E-state index in [1.54, 1.807) is 0 Å². The fourth-order valence-electron chi connectivity index (χ4n) is 3.24. The van der Waals surface area contributed by atoms with E-state index in [1.165, 1.54) is 18.4 Å². The van der Waals surface area contributed by atoms with E-state index in [9.17, 15) is 9.59 Å². The van der Waals surface area contributed by atoms with Crippen LogP contribution in [0.3, 0.4) is 0 Å². The second-order valence-electron chi connectivity index (χ2n) is 6.61. The standard InChI is InChI=1S/C18H24N2O3/c21-17(22)12-16-18(23)20(13-15-6-7-15)11-10-19(16)9-8-14-4-2-1-3-5-14/h1-5,15-16H,6-13H2,(H,21,22). The molecule has 1 atom stereocenters. The molecule has 1 saturated carbocycles. The van der Waals surface area contributed by atoms with Crippen molar-refractivity contribution in [2.75, 3.05) is 26.2 Å². The van der Waals surface area contributed by atoms with Gasteiger partial charge in [-0.2, -0.15) is 0 Å². The Kier molecular flexibility index (Phi) is 4.96. The number of hydrogen-bond acceptors (Lipinski definition) is 3. The molecule has 1 heterocycles. The minimum Gasteiger partial charge on any atom is -0.481 e. The van der Waals surface area contributed by atoms with Crippen molar-refractivity contribution >= 4 is 11.9 Å². The maximum absolute atomic E-state index is 12.7. The lowest BCUT2D eigenvalue weighted by atomic mass is 10.0. The van der Waals surface area contributed by atoms with Crippen molar-refractivity contribution in [1.29, 1.82) is 0 Å². The number of hydrogen-bond donors (Lipinski definition) is 1. The molecule has 1 unspecified atom stereocenters. The predicted octanol–water partition coefficient (Wildman–Crippen LogP) is 1.63. The van der Waals surface area contributed by atoms with Gasteiger partial charge in [0.25, 0.3) is 0 Å². The lowest BCUT2D eigenvalue weighted by molar-refractivity contribution is -0.149. The van der Waals surface area contributed by atoms with E-state index in [0.29, 0.717) is 5.92 Å². The molecule has 0 spiro atoms. The highest BCUT2D eigenvalue weighted by molar-refractivity contribution is 5.86. The van der Waals surface area contributed by atoms with Gasteiger partial charge in [-0.05, 0) is 30.7 Å². The molecular formula is C18H24N2O3.